The molecular weight excluding hydrogens is 185 g/mol. The second-order valence-corrected chi connectivity index (χ2v) is 2.80. The summed E-state index contributed by atoms with van der Waals surface area (Å²) in [6.45, 7) is 2.50. The normalized spacial score (nSPS) is 13.5. The van der Waals surface area contributed by atoms with Gasteiger partial charge < -0.3 is 10.7 Å². The van der Waals surface area contributed by atoms with Crippen LogP contribution in [0.25, 0.3) is 0 Å². The van der Waals surface area contributed by atoms with Gasteiger partial charge in [-0.1, -0.05) is 6.92 Å². The molecule has 1 atom stereocenters. The second kappa shape index (κ2) is 7.17. The molecule has 0 bridgehead atoms. The lowest BCUT2D eigenvalue weighted by Gasteiger charge is -2.05. The van der Waals surface area contributed by atoms with Crippen LogP contribution in [0.4, 0.5) is 4.39 Å². The molecule has 0 spiro atoms. The van der Waals surface area contributed by atoms with Crippen LogP contribution in [0.15, 0.2) is 4.99 Å². The van der Waals surface area contributed by atoms with Gasteiger partial charge in [-0.25, -0.2) is 4.39 Å². The van der Waals surface area contributed by atoms with E-state index in [1.165, 1.54) is 7.05 Å². The number of rotatable bonds is 6. The Morgan fingerprint density at radius 3 is 2.79 bits per heavy atom. The zero-order valence-electron chi connectivity index (χ0n) is 8.51. The number of hydrogen-bond acceptors (Lipinski definition) is 3. The minimum Gasteiger partial charge on any atom is -0.357 e. The van der Waals surface area contributed by atoms with Crippen molar-refractivity contribution in [2.75, 3.05) is 13.6 Å². The quantitative estimate of drug-likeness (QED) is 0.618. The van der Waals surface area contributed by atoms with Gasteiger partial charge in [-0.15, -0.1) is 0 Å². The van der Waals surface area contributed by atoms with Crippen LogP contribution in [0.1, 0.15) is 19.8 Å². The topological polar surface area (TPSA) is 65.3 Å². The maximum absolute atomic E-state index is 13.1. The molecule has 0 aliphatic rings. The van der Waals surface area contributed by atoms with Crippen LogP contribution in [0.3, 0.4) is 0 Å². The number of nitrogens with one attached hydrogen (secondary N) is 2. The van der Waals surface area contributed by atoms with Crippen molar-refractivity contribution in [3.05, 3.63) is 0 Å². The van der Waals surface area contributed by atoms with Crippen LogP contribution in [-0.2, 0) is 4.79 Å². The molecule has 0 saturated heterocycles. The highest BCUT2D eigenvalue weighted by atomic mass is 19.1. The number of carbonyl (C=O) groups excluding carboxylic acids is 1. The van der Waals surface area contributed by atoms with Gasteiger partial charge in [0.25, 0.3) is 5.91 Å². The molecule has 0 aliphatic heterocycles. The molecule has 0 aromatic rings. The first-order valence-electron chi connectivity index (χ1n) is 4.55. The van der Waals surface area contributed by atoms with Crippen molar-refractivity contribution in [1.82, 2.24) is 5.32 Å². The van der Waals surface area contributed by atoms with Crippen molar-refractivity contribution < 1.29 is 9.18 Å². The number of hydrogen-bond donors (Lipinski definition) is 2. The number of carbonyl (C=O) groups is 1. The molecule has 80 valence electrons. The molecule has 14 heavy (non-hydrogen) atoms. The van der Waals surface area contributed by atoms with E-state index in [1.54, 1.807) is 0 Å². The molecule has 5 heteroatoms. The Labute approximate surface area is 83.1 Å². The van der Waals surface area contributed by atoms with E-state index in [0.717, 1.165) is 12.6 Å². The highest BCUT2D eigenvalue weighted by molar-refractivity contribution is 6.30. The highest BCUT2D eigenvalue weighted by Crippen LogP contribution is 1.99. The third-order valence-electron chi connectivity index (χ3n) is 1.62. The van der Waals surface area contributed by atoms with E-state index < -0.39 is 12.1 Å². The molecule has 0 rings (SSSR count). The van der Waals surface area contributed by atoms with E-state index in [2.05, 4.69) is 10.3 Å². The van der Waals surface area contributed by atoms with Crippen molar-refractivity contribution in [1.29, 1.82) is 5.41 Å². The van der Waals surface area contributed by atoms with E-state index in [9.17, 15) is 9.18 Å². The van der Waals surface area contributed by atoms with E-state index >= 15 is 0 Å². The zero-order chi connectivity index (χ0) is 11.0. The summed E-state index contributed by atoms with van der Waals surface area (Å²) >= 11 is 0. The predicted molar refractivity (Wildman–Crippen MR) is 55.0 cm³/mol. The molecular formula is C9H16FN3O. The van der Waals surface area contributed by atoms with E-state index in [-0.39, 0.29) is 6.42 Å². The summed E-state index contributed by atoms with van der Waals surface area (Å²) in [5, 5.41) is 9.18. The highest BCUT2D eigenvalue weighted by Gasteiger charge is 2.17. The van der Waals surface area contributed by atoms with Crippen LogP contribution >= 0.6 is 0 Å². The lowest BCUT2D eigenvalue weighted by Crippen LogP contribution is -2.30. The average molecular weight is 201 g/mol. The van der Waals surface area contributed by atoms with Crippen molar-refractivity contribution in [2.45, 2.75) is 25.9 Å². The van der Waals surface area contributed by atoms with Crippen molar-refractivity contribution in [3.63, 3.8) is 0 Å². The Hall–Kier alpha value is -1.26. The standard InChI is InChI=1S/C9H16FN3O/c1-3-4-13-7(6-11)5-8(10)9(14)12-2/h6,8,11H,3-5H2,1-2H3,(H,12,14). The summed E-state index contributed by atoms with van der Waals surface area (Å²) in [7, 11) is 1.38. The van der Waals surface area contributed by atoms with Crippen LogP contribution in [0.5, 0.6) is 0 Å². The molecule has 0 aromatic carbocycles. The number of nitrogens with zero attached hydrogens (tertiary/aromatic N) is 1. The van der Waals surface area contributed by atoms with Crippen LogP contribution in [-0.4, -0.2) is 37.6 Å². The zero-order valence-corrected chi connectivity index (χ0v) is 8.51. The van der Waals surface area contributed by atoms with Gasteiger partial charge in [-0.2, -0.15) is 0 Å². The predicted octanol–water partition coefficient (Wildman–Crippen LogP) is 0.961. The summed E-state index contributed by atoms with van der Waals surface area (Å²) in [6.07, 6.45) is 0.0972. The maximum Gasteiger partial charge on any atom is 0.254 e. The first kappa shape index (κ1) is 12.7. The Morgan fingerprint density at radius 2 is 2.36 bits per heavy atom. The van der Waals surface area contributed by atoms with E-state index in [4.69, 9.17) is 5.41 Å². The monoisotopic (exact) mass is 201 g/mol. The van der Waals surface area contributed by atoms with Crippen LogP contribution < -0.4 is 5.32 Å². The molecule has 1 unspecified atom stereocenters. The fourth-order valence-corrected chi connectivity index (χ4v) is 0.857. The van der Waals surface area contributed by atoms with Gasteiger partial charge in [-0.3, -0.25) is 9.79 Å². The SMILES string of the molecule is CCCN=C(C=N)CC(F)C(=O)NC. The van der Waals surface area contributed by atoms with Crippen molar-refractivity contribution >= 4 is 17.8 Å². The summed E-state index contributed by atoms with van der Waals surface area (Å²) in [4.78, 5) is 14.8. The van der Waals surface area contributed by atoms with Gasteiger partial charge in [0, 0.05) is 26.2 Å². The molecule has 1 amide bonds. The van der Waals surface area contributed by atoms with Crippen molar-refractivity contribution in [3.8, 4) is 0 Å². The average Bonchev–Trinajstić information content (AvgIpc) is 2.22. The third-order valence-corrected chi connectivity index (χ3v) is 1.62. The lowest BCUT2D eigenvalue weighted by atomic mass is 10.2. The fraction of sp³-hybridized carbons (Fsp3) is 0.667. The number of aliphatic imine (C=N–C) groups is 1. The van der Waals surface area contributed by atoms with Crippen LogP contribution in [0.2, 0.25) is 0 Å². The molecule has 2 N–H and O–H groups in total. The Bertz CT molecular complexity index is 228. The summed E-state index contributed by atoms with van der Waals surface area (Å²) in [6, 6.07) is 0. The maximum atomic E-state index is 13.1. The molecule has 0 aliphatic carbocycles. The Morgan fingerprint density at radius 1 is 1.71 bits per heavy atom. The first-order chi connectivity index (χ1) is 6.65. The fourth-order valence-electron chi connectivity index (χ4n) is 0.857. The summed E-state index contributed by atoms with van der Waals surface area (Å²) < 4.78 is 13.1. The molecule has 0 fully saturated rings. The van der Waals surface area contributed by atoms with Gasteiger partial charge in [0.05, 0.1) is 5.71 Å². The minimum atomic E-state index is -1.61. The van der Waals surface area contributed by atoms with Gasteiger partial charge >= 0.3 is 0 Å². The van der Waals surface area contributed by atoms with Gasteiger partial charge in [0.1, 0.15) is 0 Å². The molecule has 0 aromatic heterocycles. The second-order valence-electron chi connectivity index (χ2n) is 2.80. The Balaban J connectivity index is 4.17. The largest absolute Gasteiger partial charge is 0.357 e. The van der Waals surface area contributed by atoms with E-state index in [1.807, 2.05) is 6.92 Å². The van der Waals surface area contributed by atoms with Crippen molar-refractivity contribution in [2.24, 2.45) is 4.99 Å². The van der Waals surface area contributed by atoms with Gasteiger partial charge in [0.2, 0.25) is 0 Å². The van der Waals surface area contributed by atoms with Gasteiger partial charge in [-0.05, 0) is 6.42 Å². The number of amides is 1. The lowest BCUT2D eigenvalue weighted by molar-refractivity contribution is -0.125. The third kappa shape index (κ3) is 4.69. The molecule has 0 heterocycles. The molecule has 0 radical (unpaired) electrons. The first-order valence-corrected chi connectivity index (χ1v) is 4.55. The minimum absolute atomic E-state index is 0.122. The molecule has 4 nitrogen and oxygen atoms in total. The van der Waals surface area contributed by atoms with Crippen LogP contribution in [0, 0.1) is 5.41 Å². The summed E-state index contributed by atoms with van der Waals surface area (Å²) in [5.74, 6) is -0.670. The smallest absolute Gasteiger partial charge is 0.254 e. The molecule has 0 saturated carbocycles. The summed E-state index contributed by atoms with van der Waals surface area (Å²) in [5.41, 5.74) is 0.322. The van der Waals surface area contributed by atoms with Gasteiger partial charge in [0.15, 0.2) is 6.17 Å². The number of halogens is 1. The number of alkyl halides is 1. The Kier molecular flexibility index (Phi) is 6.53. The van der Waals surface area contributed by atoms with E-state index in [0.29, 0.717) is 12.3 Å².